The summed E-state index contributed by atoms with van der Waals surface area (Å²) in [5, 5.41) is 8.83. The number of carbonyl (C=O) groups excluding carboxylic acids is 10. The van der Waals surface area contributed by atoms with Gasteiger partial charge in [-0.25, -0.2) is 33.6 Å². The Bertz CT molecular complexity index is 3140. The van der Waals surface area contributed by atoms with Crippen molar-refractivity contribution in [3.05, 3.63) is 85.1 Å². The van der Waals surface area contributed by atoms with Gasteiger partial charge in [0.15, 0.2) is 11.4 Å². The van der Waals surface area contributed by atoms with Gasteiger partial charge in [-0.15, -0.1) is 0 Å². The van der Waals surface area contributed by atoms with Crippen LogP contribution >= 0.6 is 0 Å². The third-order valence-electron chi connectivity index (χ3n) is 19.3. The van der Waals surface area contributed by atoms with Crippen molar-refractivity contribution in [3.63, 3.8) is 0 Å². The second kappa shape index (κ2) is 26.7. The molecule has 0 bridgehead atoms. The van der Waals surface area contributed by atoms with Gasteiger partial charge in [0.05, 0.1) is 34.7 Å². The first kappa shape index (κ1) is 69.5. The van der Waals surface area contributed by atoms with E-state index < -0.39 is 94.7 Å². The highest BCUT2D eigenvalue weighted by atomic mass is 32.2. The molecular formula is C64H77NO21S4. The summed E-state index contributed by atoms with van der Waals surface area (Å²) in [5.74, 6) is 1.14. The lowest BCUT2D eigenvalue weighted by atomic mass is 9.88. The van der Waals surface area contributed by atoms with Gasteiger partial charge < -0.3 is 33.2 Å². The van der Waals surface area contributed by atoms with Crippen molar-refractivity contribution in [2.45, 2.75) is 181 Å². The molecule has 3 aliphatic carbocycles. The highest BCUT2D eigenvalue weighted by Gasteiger charge is 2.58. The molecule has 11 aliphatic heterocycles. The molecule has 22 nitrogen and oxygen atoms in total. The summed E-state index contributed by atoms with van der Waals surface area (Å²) < 4.78 is 81.3. The number of nitrogens with zero attached hydrogens (tertiary/aromatic N) is 1. The first-order valence-electron chi connectivity index (χ1n) is 29.8. The van der Waals surface area contributed by atoms with Crippen LogP contribution < -0.4 is 0 Å². The Labute approximate surface area is 532 Å². The quantitative estimate of drug-likeness (QED) is 0.164. The number of Topliss-reactive ketones (excluding diaryl/α,β-unsaturated/α-hetero) is 3. The summed E-state index contributed by atoms with van der Waals surface area (Å²) in [5.41, 5.74) is -0.553. The normalized spacial score (nSPS) is 39.9. The number of ether oxygens (including phenoxy) is 7. The molecule has 0 aromatic heterocycles. The average molecular weight is 1320 g/mol. The van der Waals surface area contributed by atoms with Crippen LogP contribution in [0.1, 0.15) is 136 Å². The van der Waals surface area contributed by atoms with Gasteiger partial charge in [0, 0.05) is 188 Å². The summed E-state index contributed by atoms with van der Waals surface area (Å²) >= 11 is 0. The number of carbonyl (C=O) groups is 10. The first-order valence-corrected chi connectivity index (χ1v) is 35.7. The summed E-state index contributed by atoms with van der Waals surface area (Å²) in [4.78, 5) is 112. The minimum absolute atomic E-state index is 0.0266. The van der Waals surface area contributed by atoms with Crippen LogP contribution in [0.15, 0.2) is 85.1 Å². The minimum atomic E-state index is -1.05. The highest BCUT2D eigenvalue weighted by Crippen LogP contribution is 2.48. The zero-order valence-corrected chi connectivity index (χ0v) is 54.4. The van der Waals surface area contributed by atoms with Gasteiger partial charge in [-0.05, 0) is 51.9 Å². The van der Waals surface area contributed by atoms with E-state index in [2.05, 4.69) is 52.1 Å². The van der Waals surface area contributed by atoms with Crippen molar-refractivity contribution in [3.8, 4) is 6.07 Å². The fraction of sp³-hybridized carbons (Fsp3) is 0.609. The van der Waals surface area contributed by atoms with E-state index in [0.717, 1.165) is 25.7 Å². The van der Waals surface area contributed by atoms with Gasteiger partial charge in [-0.1, -0.05) is 59.9 Å². The van der Waals surface area contributed by atoms with E-state index in [9.17, 15) is 64.8 Å². The Morgan fingerprint density at radius 1 is 0.433 bits per heavy atom. The van der Waals surface area contributed by atoms with Crippen LogP contribution in [-0.2, 0) is 124 Å². The van der Waals surface area contributed by atoms with Crippen molar-refractivity contribution in [1.82, 2.24) is 0 Å². The third kappa shape index (κ3) is 14.6. The molecule has 0 N–H and O–H groups in total. The number of hydrogen-bond acceptors (Lipinski definition) is 22. The number of esters is 7. The third-order valence-corrected chi connectivity index (χ3v) is 25.4. The number of rotatable bonds is 0. The topological polar surface area (TPSA) is 327 Å². The monoisotopic (exact) mass is 1320 g/mol. The van der Waals surface area contributed by atoms with E-state index in [1.54, 1.807) is 0 Å². The molecule has 11 heterocycles. The fourth-order valence-electron chi connectivity index (χ4n) is 13.7. The van der Waals surface area contributed by atoms with E-state index >= 15 is 0 Å². The maximum absolute atomic E-state index is 11.7. The zero-order valence-electron chi connectivity index (χ0n) is 51.1. The van der Waals surface area contributed by atoms with E-state index in [4.69, 9.17) is 38.4 Å². The van der Waals surface area contributed by atoms with Crippen molar-refractivity contribution in [2.24, 2.45) is 17.8 Å². The molecule has 0 aromatic rings. The van der Waals surface area contributed by atoms with Crippen molar-refractivity contribution in [1.29, 1.82) is 5.26 Å². The van der Waals surface area contributed by atoms with Gasteiger partial charge in [0.25, 0.3) is 0 Å². The molecule has 13 unspecified atom stereocenters. The van der Waals surface area contributed by atoms with Crippen LogP contribution in [0, 0.1) is 29.1 Å². The fourth-order valence-corrected chi connectivity index (χ4v) is 20.2. The molecule has 14 fully saturated rings. The molecule has 13 atom stereocenters. The van der Waals surface area contributed by atoms with E-state index in [1.165, 1.54) is 0 Å². The maximum atomic E-state index is 11.7. The Balaban J connectivity index is 0.000000136. The number of ketones is 3. The van der Waals surface area contributed by atoms with Crippen LogP contribution in [0.3, 0.4) is 0 Å². The molecular weight excluding hydrogens is 1250 g/mol. The Morgan fingerprint density at radius 2 is 0.889 bits per heavy atom. The Kier molecular flexibility index (Phi) is 20.6. The van der Waals surface area contributed by atoms with Gasteiger partial charge in [0.1, 0.15) is 45.2 Å². The van der Waals surface area contributed by atoms with Gasteiger partial charge in [0.2, 0.25) is 0 Å². The van der Waals surface area contributed by atoms with E-state index in [0.29, 0.717) is 163 Å². The molecule has 0 radical (unpaired) electrons. The largest absolute Gasteiger partial charge is 0.455 e. The molecule has 90 heavy (non-hydrogen) atoms. The molecule has 0 amide bonds. The predicted molar refractivity (Wildman–Crippen MR) is 327 cm³/mol. The van der Waals surface area contributed by atoms with Crippen LogP contribution in [-0.4, -0.2) is 161 Å². The second-order valence-corrected chi connectivity index (χ2v) is 32.6. The van der Waals surface area contributed by atoms with Crippen LogP contribution in [0.25, 0.3) is 0 Å². The standard InChI is InChI=1S/2C10H12O3.C9H9NO3S.2C9H12O3S.C9H10O3.C8H10O3S/c1-6-5-10(13-9(6)12)4-3-8(11)7(10)2;1-6-3-4-10(8(6)11)5-7(2)9(12)13-10;1-6-2-9(13-8(6)11)5-14(12)4-7(9)3-10;1-6-5-9(12-8(6)10)3-4-13(11)7(9)2;1-7-6-9(12-8(7)10)2-4-13(11)5-3-9;1-6-4-9(12-8(6)11)3-2-7(10)5-9;1-6-4-8(11-7(6)9)2-3-12(10)5-8/h7H,1,3-5H2,2H3;6H,2-5H2,1H3;7H,1-2,4-5H2;7H,1,3-5H2,2H3;1-6H2;2*1-5H2. The SMILES string of the molecule is C=C1CC2(CCC(=O)C2)OC1=O.C=C1CC2(CCC(=O)C2C)OC1=O.C=C1CC2(CCC(C)C2=O)OC1=O.C=C1CC2(CCS(=O)C2)OC1=O.C=C1CC2(CCS(=O)C2C)OC1=O.C=C1CC2(CCS(=O)CC2)OC1=O.C=C1CC2(CS(=O)CC2C#N)OC1=O. The zero-order chi connectivity index (χ0) is 66.3. The Morgan fingerprint density at radius 3 is 1.27 bits per heavy atom. The second-order valence-electron chi connectivity index (χ2n) is 25.9. The van der Waals surface area contributed by atoms with Crippen molar-refractivity contribution >= 4 is 102 Å². The summed E-state index contributed by atoms with van der Waals surface area (Å²) in [6, 6.07) is 2.06. The molecule has 14 aliphatic rings. The summed E-state index contributed by atoms with van der Waals surface area (Å²) in [6.07, 6.45) is 10.7. The van der Waals surface area contributed by atoms with Crippen molar-refractivity contribution < 1.29 is 97.9 Å². The first-order chi connectivity index (χ1) is 42.1. The van der Waals surface area contributed by atoms with Crippen LogP contribution in [0.5, 0.6) is 0 Å². The lowest BCUT2D eigenvalue weighted by molar-refractivity contribution is -0.154. The lowest BCUT2D eigenvalue weighted by Gasteiger charge is -2.30. The van der Waals surface area contributed by atoms with Crippen LogP contribution in [0.2, 0.25) is 0 Å². The summed E-state index contributed by atoms with van der Waals surface area (Å²) in [7, 11) is -3.40. The van der Waals surface area contributed by atoms with Gasteiger partial charge in [-0.3, -0.25) is 31.2 Å². The predicted octanol–water partition coefficient (Wildman–Crippen LogP) is 5.49. The molecule has 3 saturated carbocycles. The lowest BCUT2D eigenvalue weighted by Crippen LogP contribution is -2.36. The molecule has 488 valence electrons. The summed E-state index contributed by atoms with van der Waals surface area (Å²) in [6.45, 7) is 30.9. The molecule has 14 rings (SSSR count). The van der Waals surface area contributed by atoms with E-state index in [1.807, 2.05) is 20.8 Å². The molecule has 0 aromatic carbocycles. The average Bonchev–Trinajstić information content (AvgIpc) is 1.80. The smallest absolute Gasteiger partial charge is 0.334 e. The van der Waals surface area contributed by atoms with Gasteiger partial charge >= 0.3 is 41.8 Å². The van der Waals surface area contributed by atoms with Gasteiger partial charge in [-0.2, -0.15) is 5.26 Å². The molecule has 26 heteroatoms. The Hall–Kier alpha value is -6.43. The van der Waals surface area contributed by atoms with Crippen molar-refractivity contribution in [2.75, 3.05) is 40.3 Å². The highest BCUT2D eigenvalue weighted by molar-refractivity contribution is 7.86. The molecule has 11 saturated heterocycles. The number of hydrogen-bond donors (Lipinski definition) is 0. The molecule has 7 spiro atoms. The number of nitriles is 1. The van der Waals surface area contributed by atoms with E-state index in [-0.39, 0.29) is 75.6 Å². The van der Waals surface area contributed by atoms with Crippen LogP contribution in [0.4, 0.5) is 0 Å². The minimum Gasteiger partial charge on any atom is -0.455 e. The maximum Gasteiger partial charge on any atom is 0.334 e.